The van der Waals surface area contributed by atoms with Crippen LogP contribution in [-0.2, 0) is 0 Å². The Kier molecular flexibility index (Phi) is 1.53. The Morgan fingerprint density at radius 3 is 3.10 bits per heavy atom. The van der Waals surface area contributed by atoms with E-state index in [2.05, 4.69) is 24.0 Å². The third-order valence-electron chi connectivity index (χ3n) is 2.84. The average Bonchev–Trinajstić information content (AvgIpc) is 2.42. The topological polar surface area (TPSA) is 3.24 Å². The third kappa shape index (κ3) is 0.891. The lowest BCUT2D eigenvalue weighted by atomic mass is 10.0. The Balaban J connectivity index is 1.99. The highest BCUT2D eigenvalue weighted by Crippen LogP contribution is 2.32. The molecule has 0 aromatic rings. The van der Waals surface area contributed by atoms with Gasteiger partial charge in [-0.25, -0.2) is 0 Å². The minimum atomic E-state index is 0.903. The Morgan fingerprint density at radius 2 is 2.40 bits per heavy atom. The number of rotatable bonds is 1. The standard InChI is InChI=1S/C9H15N/c1-2-10-6-8-4-3-5-9(8)7-10/h3-4,8-9H,2,5-7H2,1H3. The lowest BCUT2D eigenvalue weighted by Crippen LogP contribution is -2.20. The van der Waals surface area contributed by atoms with Crippen molar-refractivity contribution in [3.05, 3.63) is 12.2 Å². The molecule has 0 bridgehead atoms. The predicted octanol–water partition coefficient (Wildman–Crippen LogP) is 1.51. The van der Waals surface area contributed by atoms with E-state index < -0.39 is 0 Å². The molecule has 0 radical (unpaired) electrons. The molecule has 2 aliphatic rings. The van der Waals surface area contributed by atoms with Crippen LogP contribution in [0, 0.1) is 11.8 Å². The number of nitrogens with zero attached hydrogens (tertiary/aromatic N) is 1. The molecule has 0 saturated carbocycles. The zero-order chi connectivity index (χ0) is 6.97. The van der Waals surface area contributed by atoms with Gasteiger partial charge in [-0.15, -0.1) is 0 Å². The predicted molar refractivity (Wildman–Crippen MR) is 42.9 cm³/mol. The van der Waals surface area contributed by atoms with Gasteiger partial charge < -0.3 is 4.90 Å². The summed E-state index contributed by atoms with van der Waals surface area (Å²) in [6, 6.07) is 0. The van der Waals surface area contributed by atoms with Gasteiger partial charge in [-0.1, -0.05) is 19.1 Å². The van der Waals surface area contributed by atoms with E-state index in [1.807, 2.05) is 0 Å². The first-order valence-electron chi connectivity index (χ1n) is 4.29. The third-order valence-corrected chi connectivity index (χ3v) is 2.84. The first kappa shape index (κ1) is 6.41. The summed E-state index contributed by atoms with van der Waals surface area (Å²) in [4.78, 5) is 2.55. The van der Waals surface area contributed by atoms with Crippen molar-refractivity contribution in [3.8, 4) is 0 Å². The summed E-state index contributed by atoms with van der Waals surface area (Å²) in [5.41, 5.74) is 0. The second-order valence-corrected chi connectivity index (χ2v) is 3.44. The first-order valence-corrected chi connectivity index (χ1v) is 4.29. The maximum atomic E-state index is 2.55. The van der Waals surface area contributed by atoms with Gasteiger partial charge in [0.15, 0.2) is 0 Å². The fourth-order valence-electron chi connectivity index (χ4n) is 2.14. The van der Waals surface area contributed by atoms with Gasteiger partial charge in [-0.3, -0.25) is 0 Å². The van der Waals surface area contributed by atoms with E-state index in [-0.39, 0.29) is 0 Å². The quantitative estimate of drug-likeness (QED) is 0.495. The van der Waals surface area contributed by atoms with E-state index in [1.165, 1.54) is 26.1 Å². The maximum absolute atomic E-state index is 2.55. The molecule has 2 unspecified atom stereocenters. The zero-order valence-corrected chi connectivity index (χ0v) is 6.59. The molecule has 10 heavy (non-hydrogen) atoms. The van der Waals surface area contributed by atoms with Crippen LogP contribution in [0.25, 0.3) is 0 Å². The zero-order valence-electron chi connectivity index (χ0n) is 6.59. The maximum Gasteiger partial charge on any atom is 0.00476 e. The summed E-state index contributed by atoms with van der Waals surface area (Å²) in [5.74, 6) is 1.87. The molecule has 1 nitrogen and oxygen atoms in total. The van der Waals surface area contributed by atoms with Crippen molar-refractivity contribution < 1.29 is 0 Å². The van der Waals surface area contributed by atoms with E-state index in [0.717, 1.165) is 11.8 Å². The molecule has 2 atom stereocenters. The SMILES string of the molecule is CCN1CC2C=CCC2C1. The highest BCUT2D eigenvalue weighted by molar-refractivity contribution is 5.06. The molecular weight excluding hydrogens is 122 g/mol. The van der Waals surface area contributed by atoms with Gasteiger partial charge in [0.1, 0.15) is 0 Å². The number of allylic oxidation sites excluding steroid dienone is 1. The Bertz CT molecular complexity index is 151. The fourth-order valence-corrected chi connectivity index (χ4v) is 2.14. The van der Waals surface area contributed by atoms with E-state index in [1.54, 1.807) is 0 Å². The van der Waals surface area contributed by atoms with Crippen LogP contribution in [0.2, 0.25) is 0 Å². The van der Waals surface area contributed by atoms with Crippen LogP contribution in [0.4, 0.5) is 0 Å². The molecule has 0 N–H and O–H groups in total. The van der Waals surface area contributed by atoms with Crippen LogP contribution in [0.15, 0.2) is 12.2 Å². The van der Waals surface area contributed by atoms with Gasteiger partial charge in [-0.05, 0) is 24.8 Å². The molecular formula is C9H15N. The summed E-state index contributed by atoms with van der Waals surface area (Å²) in [5, 5.41) is 0. The van der Waals surface area contributed by atoms with Gasteiger partial charge in [0.2, 0.25) is 0 Å². The van der Waals surface area contributed by atoms with Gasteiger partial charge in [-0.2, -0.15) is 0 Å². The summed E-state index contributed by atoms with van der Waals surface area (Å²) in [6.45, 7) is 6.15. The molecule has 0 aromatic heterocycles. The van der Waals surface area contributed by atoms with E-state index in [4.69, 9.17) is 0 Å². The molecule has 2 rings (SSSR count). The lowest BCUT2D eigenvalue weighted by Gasteiger charge is -2.11. The van der Waals surface area contributed by atoms with E-state index >= 15 is 0 Å². The molecule has 1 heteroatoms. The molecule has 0 amide bonds. The molecule has 1 saturated heterocycles. The highest BCUT2D eigenvalue weighted by atomic mass is 15.1. The van der Waals surface area contributed by atoms with Crippen LogP contribution in [-0.4, -0.2) is 24.5 Å². The molecule has 0 aromatic carbocycles. The Hall–Kier alpha value is -0.300. The smallest absolute Gasteiger partial charge is 0.00476 e. The largest absolute Gasteiger partial charge is 0.303 e. The summed E-state index contributed by atoms with van der Waals surface area (Å²) in [6.07, 6.45) is 6.09. The Morgan fingerprint density at radius 1 is 1.50 bits per heavy atom. The number of likely N-dealkylation sites (tertiary alicyclic amines) is 1. The first-order chi connectivity index (χ1) is 4.90. The number of hydrogen-bond donors (Lipinski definition) is 0. The van der Waals surface area contributed by atoms with Crippen LogP contribution < -0.4 is 0 Å². The minimum Gasteiger partial charge on any atom is -0.303 e. The monoisotopic (exact) mass is 137 g/mol. The molecule has 1 aliphatic carbocycles. The fraction of sp³-hybridized carbons (Fsp3) is 0.778. The van der Waals surface area contributed by atoms with Crippen LogP contribution >= 0.6 is 0 Å². The van der Waals surface area contributed by atoms with Crippen LogP contribution in [0.5, 0.6) is 0 Å². The second kappa shape index (κ2) is 2.39. The van der Waals surface area contributed by atoms with Crippen molar-refractivity contribution >= 4 is 0 Å². The molecule has 1 heterocycles. The summed E-state index contributed by atoms with van der Waals surface area (Å²) < 4.78 is 0. The molecule has 0 spiro atoms. The average molecular weight is 137 g/mol. The highest BCUT2D eigenvalue weighted by Gasteiger charge is 2.31. The van der Waals surface area contributed by atoms with Gasteiger partial charge in [0, 0.05) is 13.1 Å². The van der Waals surface area contributed by atoms with Crippen molar-refractivity contribution in [2.45, 2.75) is 13.3 Å². The van der Waals surface area contributed by atoms with Crippen molar-refractivity contribution in [3.63, 3.8) is 0 Å². The Labute approximate surface area is 62.7 Å². The molecule has 1 aliphatic heterocycles. The van der Waals surface area contributed by atoms with Gasteiger partial charge in [0.25, 0.3) is 0 Å². The molecule has 1 fully saturated rings. The van der Waals surface area contributed by atoms with Gasteiger partial charge in [0.05, 0.1) is 0 Å². The normalized spacial score (nSPS) is 38.9. The van der Waals surface area contributed by atoms with Crippen molar-refractivity contribution in [2.24, 2.45) is 11.8 Å². The van der Waals surface area contributed by atoms with E-state index in [9.17, 15) is 0 Å². The second-order valence-electron chi connectivity index (χ2n) is 3.44. The van der Waals surface area contributed by atoms with Crippen LogP contribution in [0.1, 0.15) is 13.3 Å². The summed E-state index contributed by atoms with van der Waals surface area (Å²) in [7, 11) is 0. The molecule has 56 valence electrons. The number of hydrogen-bond acceptors (Lipinski definition) is 1. The number of fused-ring (bicyclic) bond motifs is 1. The van der Waals surface area contributed by atoms with Gasteiger partial charge >= 0.3 is 0 Å². The van der Waals surface area contributed by atoms with Crippen molar-refractivity contribution in [1.82, 2.24) is 4.90 Å². The van der Waals surface area contributed by atoms with E-state index in [0.29, 0.717) is 0 Å². The van der Waals surface area contributed by atoms with Crippen molar-refractivity contribution in [1.29, 1.82) is 0 Å². The lowest BCUT2D eigenvalue weighted by molar-refractivity contribution is 0.340. The minimum absolute atomic E-state index is 0.903. The summed E-state index contributed by atoms with van der Waals surface area (Å²) >= 11 is 0. The van der Waals surface area contributed by atoms with Crippen LogP contribution in [0.3, 0.4) is 0 Å². The van der Waals surface area contributed by atoms with Crippen molar-refractivity contribution in [2.75, 3.05) is 19.6 Å².